The Kier molecular flexibility index (Phi) is 5.79. The Hall–Kier alpha value is 0.0700. The molecule has 1 aliphatic rings. The molecule has 15 heavy (non-hydrogen) atoms. The zero-order valence-corrected chi connectivity index (χ0v) is 10.8. The first-order chi connectivity index (χ1) is 7.13. The van der Waals surface area contributed by atoms with Crippen LogP contribution >= 0.6 is 0 Å². The van der Waals surface area contributed by atoms with E-state index in [0.29, 0.717) is 17.9 Å². The first-order valence-corrected chi connectivity index (χ1v) is 7.22. The summed E-state index contributed by atoms with van der Waals surface area (Å²) >= 11 is 0. The van der Waals surface area contributed by atoms with Gasteiger partial charge in [0.2, 0.25) is 0 Å². The van der Waals surface area contributed by atoms with Crippen molar-refractivity contribution < 1.29 is 8.95 Å². The molecule has 3 atom stereocenters. The van der Waals surface area contributed by atoms with Gasteiger partial charge in [0.05, 0.1) is 6.61 Å². The van der Waals surface area contributed by atoms with E-state index in [1.54, 1.807) is 0 Å². The van der Waals surface area contributed by atoms with Gasteiger partial charge in [-0.25, -0.2) is 0 Å². The molecule has 3 unspecified atom stereocenters. The van der Waals surface area contributed by atoms with Crippen LogP contribution in [0.4, 0.5) is 0 Å². The minimum atomic E-state index is -0.694. The standard InChI is InChI=1S/C11H23NO2S/c1-9(2)7-15(13)8-11(12-3)10-4-5-14-6-10/h9-12H,4-8H2,1-3H3. The van der Waals surface area contributed by atoms with E-state index in [-0.39, 0.29) is 0 Å². The maximum absolute atomic E-state index is 11.8. The molecule has 0 spiro atoms. The second kappa shape index (κ2) is 6.61. The Balaban J connectivity index is 2.35. The zero-order valence-electron chi connectivity index (χ0n) is 9.99. The van der Waals surface area contributed by atoms with Crippen LogP contribution in [0.5, 0.6) is 0 Å². The van der Waals surface area contributed by atoms with Crippen LogP contribution in [0.1, 0.15) is 20.3 Å². The monoisotopic (exact) mass is 233 g/mol. The average Bonchev–Trinajstić information content (AvgIpc) is 2.65. The third-order valence-corrected chi connectivity index (χ3v) is 4.56. The summed E-state index contributed by atoms with van der Waals surface area (Å²) in [4.78, 5) is 0. The summed E-state index contributed by atoms with van der Waals surface area (Å²) in [5.74, 6) is 2.64. The first kappa shape index (κ1) is 13.1. The maximum atomic E-state index is 11.8. The Morgan fingerprint density at radius 3 is 2.67 bits per heavy atom. The van der Waals surface area contributed by atoms with Crippen molar-refractivity contribution in [1.82, 2.24) is 5.32 Å². The Labute approximate surface area is 95.4 Å². The van der Waals surface area contributed by atoms with Crippen LogP contribution in [0, 0.1) is 11.8 Å². The number of hydrogen-bond donors (Lipinski definition) is 1. The van der Waals surface area contributed by atoms with Crippen LogP contribution < -0.4 is 5.32 Å². The van der Waals surface area contributed by atoms with Crippen molar-refractivity contribution in [2.24, 2.45) is 11.8 Å². The van der Waals surface area contributed by atoms with E-state index < -0.39 is 10.8 Å². The van der Waals surface area contributed by atoms with Gasteiger partial charge in [0.1, 0.15) is 0 Å². The highest BCUT2D eigenvalue weighted by molar-refractivity contribution is 7.85. The fourth-order valence-corrected chi connectivity index (χ4v) is 3.68. The Bertz CT molecular complexity index is 203. The summed E-state index contributed by atoms with van der Waals surface area (Å²) in [6.45, 7) is 5.92. The SMILES string of the molecule is CNC(CS(=O)CC(C)C)C1CCOC1. The fourth-order valence-electron chi connectivity index (χ4n) is 1.97. The summed E-state index contributed by atoms with van der Waals surface area (Å²) in [5, 5.41) is 3.28. The third-order valence-electron chi connectivity index (χ3n) is 2.79. The molecule has 1 aliphatic heterocycles. The van der Waals surface area contributed by atoms with Crippen molar-refractivity contribution in [2.45, 2.75) is 26.3 Å². The van der Waals surface area contributed by atoms with Crippen LogP contribution in [-0.2, 0) is 15.5 Å². The lowest BCUT2D eigenvalue weighted by Gasteiger charge is -2.21. The van der Waals surface area contributed by atoms with E-state index in [0.717, 1.165) is 31.1 Å². The van der Waals surface area contributed by atoms with Crippen molar-refractivity contribution >= 4 is 10.8 Å². The van der Waals surface area contributed by atoms with Gasteiger partial charge in [0.15, 0.2) is 0 Å². The second-order valence-corrected chi connectivity index (χ2v) is 6.23. The molecule has 0 radical (unpaired) electrons. The lowest BCUT2D eigenvalue weighted by molar-refractivity contribution is 0.179. The van der Waals surface area contributed by atoms with Gasteiger partial charge >= 0.3 is 0 Å². The van der Waals surface area contributed by atoms with Gasteiger partial charge in [-0.2, -0.15) is 0 Å². The van der Waals surface area contributed by atoms with Gasteiger partial charge in [0, 0.05) is 40.9 Å². The summed E-state index contributed by atoms with van der Waals surface area (Å²) in [5.41, 5.74) is 0. The van der Waals surface area contributed by atoms with Crippen LogP contribution in [0.25, 0.3) is 0 Å². The van der Waals surface area contributed by atoms with E-state index in [4.69, 9.17) is 4.74 Å². The van der Waals surface area contributed by atoms with E-state index >= 15 is 0 Å². The quantitative estimate of drug-likeness (QED) is 0.744. The molecule has 0 bridgehead atoms. The molecular formula is C11H23NO2S. The van der Waals surface area contributed by atoms with Gasteiger partial charge in [-0.15, -0.1) is 0 Å². The molecule has 1 rings (SSSR count). The number of ether oxygens (including phenoxy) is 1. The summed E-state index contributed by atoms with van der Waals surface area (Å²) in [6.07, 6.45) is 1.10. The van der Waals surface area contributed by atoms with Crippen molar-refractivity contribution in [1.29, 1.82) is 0 Å². The summed E-state index contributed by atoms with van der Waals surface area (Å²) in [6, 6.07) is 0.354. The molecule has 0 aromatic rings. The number of hydrogen-bond acceptors (Lipinski definition) is 3. The molecule has 4 heteroatoms. The molecule has 1 heterocycles. The Morgan fingerprint density at radius 2 is 2.20 bits per heavy atom. The lowest BCUT2D eigenvalue weighted by atomic mass is 10.0. The molecule has 1 N–H and O–H groups in total. The Morgan fingerprint density at radius 1 is 1.47 bits per heavy atom. The van der Waals surface area contributed by atoms with E-state index in [1.165, 1.54) is 0 Å². The molecule has 1 fully saturated rings. The van der Waals surface area contributed by atoms with Crippen LogP contribution in [-0.4, -0.2) is 42.0 Å². The minimum Gasteiger partial charge on any atom is -0.381 e. The zero-order chi connectivity index (χ0) is 11.3. The largest absolute Gasteiger partial charge is 0.381 e. The van der Waals surface area contributed by atoms with Crippen LogP contribution in [0.3, 0.4) is 0 Å². The van der Waals surface area contributed by atoms with Gasteiger partial charge in [-0.1, -0.05) is 13.8 Å². The van der Waals surface area contributed by atoms with Crippen molar-refractivity contribution in [3.05, 3.63) is 0 Å². The van der Waals surface area contributed by atoms with Crippen LogP contribution in [0.15, 0.2) is 0 Å². The predicted molar refractivity (Wildman–Crippen MR) is 64.5 cm³/mol. The molecule has 0 aromatic carbocycles. The van der Waals surface area contributed by atoms with E-state index in [2.05, 4.69) is 19.2 Å². The first-order valence-electron chi connectivity index (χ1n) is 5.73. The lowest BCUT2D eigenvalue weighted by Crippen LogP contribution is -2.39. The number of rotatable bonds is 6. The molecule has 0 aliphatic carbocycles. The fraction of sp³-hybridized carbons (Fsp3) is 1.00. The number of nitrogens with one attached hydrogen (secondary N) is 1. The molecular weight excluding hydrogens is 210 g/mol. The van der Waals surface area contributed by atoms with Crippen molar-refractivity contribution in [3.8, 4) is 0 Å². The molecule has 0 amide bonds. The van der Waals surface area contributed by atoms with E-state index in [9.17, 15) is 4.21 Å². The molecule has 3 nitrogen and oxygen atoms in total. The average molecular weight is 233 g/mol. The topological polar surface area (TPSA) is 38.3 Å². The van der Waals surface area contributed by atoms with Gasteiger partial charge in [0.25, 0.3) is 0 Å². The third kappa shape index (κ3) is 4.62. The van der Waals surface area contributed by atoms with Gasteiger partial charge in [-0.3, -0.25) is 4.21 Å². The van der Waals surface area contributed by atoms with Gasteiger partial charge < -0.3 is 10.1 Å². The van der Waals surface area contributed by atoms with Crippen molar-refractivity contribution in [2.75, 3.05) is 31.8 Å². The predicted octanol–water partition coefficient (Wildman–Crippen LogP) is 1.02. The van der Waals surface area contributed by atoms with Crippen molar-refractivity contribution in [3.63, 3.8) is 0 Å². The highest BCUT2D eigenvalue weighted by Gasteiger charge is 2.25. The normalized spacial score (nSPS) is 25.7. The smallest absolute Gasteiger partial charge is 0.0510 e. The molecule has 1 saturated heterocycles. The second-order valence-electron chi connectivity index (χ2n) is 4.69. The molecule has 0 saturated carbocycles. The maximum Gasteiger partial charge on any atom is 0.0510 e. The van der Waals surface area contributed by atoms with Crippen LogP contribution in [0.2, 0.25) is 0 Å². The van der Waals surface area contributed by atoms with Gasteiger partial charge in [-0.05, 0) is 19.4 Å². The summed E-state index contributed by atoms with van der Waals surface area (Å²) in [7, 11) is 1.26. The van der Waals surface area contributed by atoms with E-state index in [1.807, 2.05) is 7.05 Å². The minimum absolute atomic E-state index is 0.354. The highest BCUT2D eigenvalue weighted by Crippen LogP contribution is 2.17. The highest BCUT2D eigenvalue weighted by atomic mass is 32.2. The summed E-state index contributed by atoms with van der Waals surface area (Å²) < 4.78 is 17.2. The molecule has 0 aromatic heterocycles. The molecule has 90 valence electrons.